The van der Waals surface area contributed by atoms with E-state index in [1.165, 1.54) is 0 Å². The number of carbonyl (C=O) groups excluding carboxylic acids is 1. The molecule has 1 aromatic heterocycles. The van der Waals surface area contributed by atoms with Gasteiger partial charge in [-0.05, 0) is 25.0 Å². The van der Waals surface area contributed by atoms with E-state index < -0.39 is 11.7 Å². The number of nitrogens with zero attached hydrogens (tertiary/aromatic N) is 2. The van der Waals surface area contributed by atoms with Crippen LogP contribution in [0.2, 0.25) is 10.0 Å². The van der Waals surface area contributed by atoms with E-state index in [-0.39, 0.29) is 10.0 Å². The number of ether oxygens (including phenoxy) is 1. The van der Waals surface area contributed by atoms with Gasteiger partial charge in [-0.25, -0.2) is 4.79 Å². The van der Waals surface area contributed by atoms with E-state index >= 15 is 0 Å². The molecule has 7 heteroatoms. The van der Waals surface area contributed by atoms with Gasteiger partial charge >= 0.3 is 6.09 Å². The Balaban J connectivity index is 2.25. The molecule has 1 heterocycles. The largest absolute Gasteiger partial charge is 0.443 e. The van der Waals surface area contributed by atoms with Gasteiger partial charge in [0, 0.05) is 0 Å². The topological polar surface area (TPSA) is 61.2 Å². The fourth-order valence-electron chi connectivity index (χ4n) is 1.35. The molecule has 0 unspecified atom stereocenters. The zero-order valence-corrected chi connectivity index (χ0v) is 10.6. The van der Waals surface area contributed by atoms with Gasteiger partial charge in [-0.2, -0.15) is 5.10 Å². The van der Waals surface area contributed by atoms with Crippen LogP contribution in [0.1, 0.15) is 12.8 Å². The van der Waals surface area contributed by atoms with Crippen molar-refractivity contribution in [2.45, 2.75) is 12.8 Å². The number of hydrogen-bond acceptors (Lipinski definition) is 4. The van der Waals surface area contributed by atoms with Crippen LogP contribution in [0.5, 0.6) is 0 Å². The number of aromatic nitrogens is 2. The second-order valence-corrected chi connectivity index (χ2v) is 4.26. The van der Waals surface area contributed by atoms with Gasteiger partial charge in [0.1, 0.15) is 10.8 Å². The predicted octanol–water partition coefficient (Wildman–Crippen LogP) is 2.77. The third-order valence-electron chi connectivity index (χ3n) is 2.22. The lowest BCUT2D eigenvalue weighted by molar-refractivity contribution is 0.175. The highest BCUT2D eigenvalue weighted by atomic mass is 35.5. The third-order valence-corrected chi connectivity index (χ3v) is 2.96. The molecule has 0 saturated heterocycles. The van der Waals surface area contributed by atoms with Gasteiger partial charge in [0.2, 0.25) is 0 Å². The molecule has 2 rings (SSSR count). The van der Waals surface area contributed by atoms with Gasteiger partial charge in [0.15, 0.2) is 0 Å². The fourth-order valence-corrected chi connectivity index (χ4v) is 1.61. The van der Waals surface area contributed by atoms with Crippen molar-refractivity contribution in [1.29, 1.82) is 0 Å². The molecule has 0 radical (unpaired) electrons. The van der Waals surface area contributed by atoms with Gasteiger partial charge in [-0.3, -0.25) is 4.79 Å². The molecule has 0 atom stereocenters. The fraction of sp³-hybridized carbons (Fsp3) is 0.182. The van der Waals surface area contributed by atoms with Crippen LogP contribution in [0.15, 0.2) is 35.0 Å². The monoisotopic (exact) mass is 286 g/mol. The average molecular weight is 287 g/mol. The van der Waals surface area contributed by atoms with Crippen molar-refractivity contribution >= 4 is 29.3 Å². The van der Waals surface area contributed by atoms with E-state index in [1.807, 2.05) is 6.08 Å². The lowest BCUT2D eigenvalue weighted by Gasteiger charge is -2.08. The zero-order valence-electron chi connectivity index (χ0n) is 9.10. The highest BCUT2D eigenvalue weighted by molar-refractivity contribution is 6.41. The van der Waals surface area contributed by atoms with Crippen LogP contribution in [-0.4, -0.2) is 15.9 Å². The van der Waals surface area contributed by atoms with Crippen molar-refractivity contribution < 1.29 is 9.53 Å². The van der Waals surface area contributed by atoms with E-state index in [1.54, 1.807) is 12.2 Å². The molecule has 0 bridgehead atoms. The van der Waals surface area contributed by atoms with Gasteiger partial charge in [-0.1, -0.05) is 29.3 Å². The molecule has 0 spiro atoms. The summed E-state index contributed by atoms with van der Waals surface area (Å²) in [6.07, 6.45) is 7.14. The molecule has 0 amide bonds. The van der Waals surface area contributed by atoms with Crippen molar-refractivity contribution in [3.8, 4) is 0 Å². The molecular weight excluding hydrogens is 279 g/mol. The Morgan fingerprint density at radius 2 is 2.17 bits per heavy atom. The van der Waals surface area contributed by atoms with Crippen molar-refractivity contribution in [3.05, 3.63) is 50.6 Å². The van der Waals surface area contributed by atoms with Crippen LogP contribution in [-0.2, 0) is 4.74 Å². The summed E-state index contributed by atoms with van der Waals surface area (Å²) in [7, 11) is 0. The summed E-state index contributed by atoms with van der Waals surface area (Å²) in [6.45, 7) is 0. The van der Waals surface area contributed by atoms with E-state index in [2.05, 4.69) is 5.10 Å². The first-order valence-electron chi connectivity index (χ1n) is 5.12. The Morgan fingerprint density at radius 3 is 2.83 bits per heavy atom. The number of allylic oxidation sites excluding steroid dienone is 3. The van der Waals surface area contributed by atoms with Gasteiger partial charge < -0.3 is 4.74 Å². The molecular formula is C11H8Cl2N2O3. The zero-order chi connectivity index (χ0) is 13.1. The summed E-state index contributed by atoms with van der Waals surface area (Å²) < 4.78 is 5.51. The summed E-state index contributed by atoms with van der Waals surface area (Å²) in [4.78, 5) is 23.3. The first kappa shape index (κ1) is 12.9. The van der Waals surface area contributed by atoms with Crippen LogP contribution in [0.3, 0.4) is 0 Å². The minimum atomic E-state index is -0.920. The highest BCUT2D eigenvalue weighted by Gasteiger charge is 2.16. The Kier molecular flexibility index (Phi) is 3.84. The quantitative estimate of drug-likeness (QED) is 0.796. The molecule has 0 fully saturated rings. The summed E-state index contributed by atoms with van der Waals surface area (Å²) in [5.41, 5.74) is -0.811. The van der Waals surface area contributed by atoms with Crippen LogP contribution < -0.4 is 5.56 Å². The van der Waals surface area contributed by atoms with Crippen molar-refractivity contribution in [2.24, 2.45) is 0 Å². The lowest BCUT2D eigenvalue weighted by atomic mass is 10.2. The number of carbonyl (C=O) groups is 1. The van der Waals surface area contributed by atoms with Crippen LogP contribution in [0, 0.1) is 0 Å². The molecule has 0 saturated carbocycles. The first-order chi connectivity index (χ1) is 8.59. The van der Waals surface area contributed by atoms with E-state index in [4.69, 9.17) is 27.9 Å². The SMILES string of the molecule is O=C(OC1=CCCC=C1)n1ncc(Cl)c(Cl)c1=O. The van der Waals surface area contributed by atoms with E-state index in [0.717, 1.165) is 19.0 Å². The molecule has 0 N–H and O–H groups in total. The van der Waals surface area contributed by atoms with Crippen LogP contribution in [0.25, 0.3) is 0 Å². The van der Waals surface area contributed by atoms with Gasteiger partial charge in [0.05, 0.1) is 11.2 Å². The molecule has 1 aliphatic carbocycles. The normalized spacial score (nSPS) is 14.2. The standard InChI is InChI=1S/C11H8Cl2N2O3/c12-8-6-14-15(10(16)9(8)13)11(17)18-7-4-2-1-3-5-7/h2,4-6H,1,3H2. The number of hydrogen-bond donors (Lipinski definition) is 0. The predicted molar refractivity (Wildman–Crippen MR) is 66.9 cm³/mol. The van der Waals surface area contributed by atoms with E-state index in [9.17, 15) is 9.59 Å². The Hall–Kier alpha value is -1.59. The van der Waals surface area contributed by atoms with Gasteiger partial charge in [-0.15, -0.1) is 4.68 Å². The van der Waals surface area contributed by atoms with Crippen molar-refractivity contribution in [2.75, 3.05) is 0 Å². The third kappa shape index (κ3) is 2.63. The second-order valence-electron chi connectivity index (χ2n) is 3.48. The van der Waals surface area contributed by atoms with E-state index in [0.29, 0.717) is 10.4 Å². The minimum Gasteiger partial charge on any atom is -0.409 e. The lowest BCUT2D eigenvalue weighted by Crippen LogP contribution is -2.30. The summed E-state index contributed by atoms with van der Waals surface area (Å²) in [5, 5.41) is 3.29. The minimum absolute atomic E-state index is 0.0116. The maximum atomic E-state index is 11.7. The molecule has 94 valence electrons. The second kappa shape index (κ2) is 5.37. The number of rotatable bonds is 1. The van der Waals surface area contributed by atoms with Crippen LogP contribution >= 0.6 is 23.2 Å². The number of halogens is 2. The first-order valence-corrected chi connectivity index (χ1v) is 5.87. The molecule has 18 heavy (non-hydrogen) atoms. The highest BCUT2D eigenvalue weighted by Crippen LogP contribution is 2.15. The molecule has 0 aromatic carbocycles. The Morgan fingerprint density at radius 1 is 1.39 bits per heavy atom. The maximum Gasteiger partial charge on any atom is 0.443 e. The van der Waals surface area contributed by atoms with Crippen LogP contribution in [0.4, 0.5) is 4.79 Å². The maximum absolute atomic E-state index is 11.7. The average Bonchev–Trinajstić information content (AvgIpc) is 2.37. The smallest absolute Gasteiger partial charge is 0.409 e. The summed E-state index contributed by atoms with van der Waals surface area (Å²) in [6, 6.07) is 0. The molecule has 1 aliphatic rings. The van der Waals surface area contributed by atoms with Crippen molar-refractivity contribution in [1.82, 2.24) is 9.78 Å². The van der Waals surface area contributed by atoms with Crippen molar-refractivity contribution in [3.63, 3.8) is 0 Å². The van der Waals surface area contributed by atoms with Gasteiger partial charge in [0.25, 0.3) is 5.56 Å². The Bertz CT molecular complexity index is 605. The summed E-state index contributed by atoms with van der Waals surface area (Å²) >= 11 is 11.2. The molecule has 5 nitrogen and oxygen atoms in total. The Labute approximate surface area is 112 Å². The molecule has 0 aliphatic heterocycles. The summed E-state index contributed by atoms with van der Waals surface area (Å²) in [5.74, 6) is 0.381. The molecule has 1 aromatic rings.